The molecule has 1 heterocycles. The predicted molar refractivity (Wildman–Crippen MR) is 72.8 cm³/mol. The van der Waals surface area contributed by atoms with Crippen LogP contribution < -0.4 is 4.90 Å². The highest BCUT2D eigenvalue weighted by atomic mass is 35.5. The molecule has 0 aromatic heterocycles. The first-order valence-corrected chi connectivity index (χ1v) is 6.63. The second-order valence-electron chi connectivity index (χ2n) is 5.27. The monoisotopic (exact) mass is 253 g/mol. The van der Waals surface area contributed by atoms with E-state index in [9.17, 15) is 5.11 Å². The zero-order valence-electron chi connectivity index (χ0n) is 10.5. The summed E-state index contributed by atoms with van der Waals surface area (Å²) in [6.07, 6.45) is 3.77. The van der Waals surface area contributed by atoms with Crippen LogP contribution in [-0.4, -0.2) is 18.2 Å². The summed E-state index contributed by atoms with van der Waals surface area (Å²) in [5.74, 6) is 0. The number of piperidine rings is 1. The molecule has 0 saturated carbocycles. The number of hydrogen-bond acceptors (Lipinski definition) is 2. The van der Waals surface area contributed by atoms with Gasteiger partial charge in [-0.1, -0.05) is 11.6 Å². The average Bonchev–Trinajstić information content (AvgIpc) is 2.29. The lowest BCUT2D eigenvalue weighted by atomic mass is 9.95. The molecular weight excluding hydrogens is 234 g/mol. The molecular formula is C14H20ClNO. The molecule has 2 nitrogen and oxygen atoms in total. The third-order valence-electron chi connectivity index (χ3n) is 3.31. The van der Waals surface area contributed by atoms with Crippen LogP contribution in [0, 0.1) is 0 Å². The average molecular weight is 254 g/mol. The Bertz CT molecular complexity index is 392. The lowest BCUT2D eigenvalue weighted by Gasteiger charge is -2.33. The third-order valence-corrected chi connectivity index (χ3v) is 3.55. The Labute approximate surface area is 108 Å². The summed E-state index contributed by atoms with van der Waals surface area (Å²) in [7, 11) is 0. The first-order valence-electron chi connectivity index (χ1n) is 6.26. The van der Waals surface area contributed by atoms with Crippen molar-refractivity contribution in [3.8, 4) is 0 Å². The van der Waals surface area contributed by atoms with Gasteiger partial charge in [-0.2, -0.15) is 0 Å². The quantitative estimate of drug-likeness (QED) is 0.871. The van der Waals surface area contributed by atoms with E-state index in [-0.39, 0.29) is 0 Å². The molecule has 0 spiro atoms. The smallest absolute Gasteiger partial charge is 0.0861 e. The van der Waals surface area contributed by atoms with Gasteiger partial charge in [-0.25, -0.2) is 0 Å². The van der Waals surface area contributed by atoms with E-state index in [1.165, 1.54) is 19.3 Å². The second kappa shape index (κ2) is 4.87. The summed E-state index contributed by atoms with van der Waals surface area (Å²) >= 11 is 6.03. The minimum atomic E-state index is -0.850. The zero-order chi connectivity index (χ0) is 12.5. The molecule has 0 amide bonds. The maximum atomic E-state index is 10.2. The van der Waals surface area contributed by atoms with Gasteiger partial charge in [0.15, 0.2) is 0 Å². The largest absolute Gasteiger partial charge is 0.386 e. The van der Waals surface area contributed by atoms with Crippen molar-refractivity contribution in [2.24, 2.45) is 0 Å². The van der Waals surface area contributed by atoms with Crippen molar-refractivity contribution in [3.05, 3.63) is 28.8 Å². The summed E-state index contributed by atoms with van der Waals surface area (Å²) in [4.78, 5) is 2.35. The summed E-state index contributed by atoms with van der Waals surface area (Å²) in [5.41, 5.74) is 1.20. The Morgan fingerprint density at radius 1 is 1.18 bits per heavy atom. The van der Waals surface area contributed by atoms with Gasteiger partial charge in [0.2, 0.25) is 0 Å². The highest BCUT2D eigenvalue weighted by Gasteiger charge is 2.24. The van der Waals surface area contributed by atoms with Gasteiger partial charge >= 0.3 is 0 Å². The number of nitrogens with zero attached hydrogens (tertiary/aromatic N) is 1. The van der Waals surface area contributed by atoms with Crippen LogP contribution in [0.25, 0.3) is 0 Å². The van der Waals surface area contributed by atoms with Crippen molar-refractivity contribution in [3.63, 3.8) is 0 Å². The Kier molecular flexibility index (Phi) is 3.64. The number of halogens is 1. The highest BCUT2D eigenvalue weighted by molar-refractivity contribution is 6.30. The van der Waals surface area contributed by atoms with E-state index in [2.05, 4.69) is 4.90 Å². The maximum absolute atomic E-state index is 10.2. The van der Waals surface area contributed by atoms with Crippen molar-refractivity contribution in [2.45, 2.75) is 38.7 Å². The lowest BCUT2D eigenvalue weighted by Crippen LogP contribution is -2.32. The van der Waals surface area contributed by atoms with Gasteiger partial charge in [0, 0.05) is 29.4 Å². The fourth-order valence-corrected chi connectivity index (χ4v) is 2.58. The number of benzene rings is 1. The SMILES string of the molecule is CC(C)(O)c1cc(Cl)ccc1N1CCCCC1. The zero-order valence-corrected chi connectivity index (χ0v) is 11.3. The highest BCUT2D eigenvalue weighted by Crippen LogP contribution is 2.34. The molecule has 1 aliphatic rings. The van der Waals surface area contributed by atoms with Crippen molar-refractivity contribution in [1.29, 1.82) is 0 Å². The summed E-state index contributed by atoms with van der Waals surface area (Å²) in [5, 5.41) is 10.9. The van der Waals surface area contributed by atoms with Crippen LogP contribution in [0.1, 0.15) is 38.7 Å². The first kappa shape index (κ1) is 12.7. The second-order valence-corrected chi connectivity index (χ2v) is 5.70. The van der Waals surface area contributed by atoms with E-state index in [0.717, 1.165) is 24.3 Å². The number of anilines is 1. The Hall–Kier alpha value is -0.730. The molecule has 1 N–H and O–H groups in total. The molecule has 1 saturated heterocycles. The van der Waals surface area contributed by atoms with E-state index in [4.69, 9.17) is 11.6 Å². The molecule has 0 atom stereocenters. The van der Waals surface area contributed by atoms with Crippen molar-refractivity contribution in [2.75, 3.05) is 18.0 Å². The minimum absolute atomic E-state index is 0.683. The standard InChI is InChI=1S/C14H20ClNO/c1-14(2,17)12-10-11(15)6-7-13(12)16-8-4-3-5-9-16/h6-7,10,17H,3-5,8-9H2,1-2H3. The first-order chi connectivity index (χ1) is 7.98. The van der Waals surface area contributed by atoms with Gasteiger partial charge in [0.05, 0.1) is 5.60 Å². The van der Waals surface area contributed by atoms with Gasteiger partial charge in [0.1, 0.15) is 0 Å². The van der Waals surface area contributed by atoms with E-state index >= 15 is 0 Å². The fraction of sp³-hybridized carbons (Fsp3) is 0.571. The number of hydrogen-bond donors (Lipinski definition) is 1. The molecule has 1 aromatic rings. The normalized spacial score (nSPS) is 17.3. The summed E-state index contributed by atoms with van der Waals surface area (Å²) in [6.45, 7) is 5.77. The summed E-state index contributed by atoms with van der Waals surface area (Å²) in [6, 6.07) is 5.81. The molecule has 0 aliphatic carbocycles. The fourth-order valence-electron chi connectivity index (χ4n) is 2.41. The molecule has 0 unspecified atom stereocenters. The van der Waals surface area contributed by atoms with Crippen molar-refractivity contribution >= 4 is 17.3 Å². The Balaban J connectivity index is 2.38. The van der Waals surface area contributed by atoms with Crippen LogP contribution in [0.15, 0.2) is 18.2 Å². The van der Waals surface area contributed by atoms with Gasteiger partial charge < -0.3 is 10.0 Å². The molecule has 2 rings (SSSR count). The molecule has 1 aliphatic heterocycles. The summed E-state index contributed by atoms with van der Waals surface area (Å²) < 4.78 is 0. The van der Waals surface area contributed by atoms with Crippen LogP contribution in [-0.2, 0) is 5.60 Å². The van der Waals surface area contributed by atoms with Gasteiger partial charge in [-0.3, -0.25) is 0 Å². The number of rotatable bonds is 2. The molecule has 1 fully saturated rings. The van der Waals surface area contributed by atoms with Gasteiger partial charge in [0.25, 0.3) is 0 Å². The van der Waals surface area contributed by atoms with E-state index in [1.54, 1.807) is 0 Å². The van der Waals surface area contributed by atoms with E-state index in [0.29, 0.717) is 5.02 Å². The van der Waals surface area contributed by atoms with Crippen LogP contribution in [0.4, 0.5) is 5.69 Å². The number of aliphatic hydroxyl groups is 1. The van der Waals surface area contributed by atoms with E-state index in [1.807, 2.05) is 32.0 Å². The predicted octanol–water partition coefficient (Wildman–Crippen LogP) is 3.56. The van der Waals surface area contributed by atoms with Gasteiger partial charge in [-0.05, 0) is 51.3 Å². The third kappa shape index (κ3) is 2.93. The van der Waals surface area contributed by atoms with Crippen molar-refractivity contribution < 1.29 is 5.11 Å². The topological polar surface area (TPSA) is 23.5 Å². The molecule has 0 radical (unpaired) electrons. The van der Waals surface area contributed by atoms with Crippen LogP contribution in [0.5, 0.6) is 0 Å². The van der Waals surface area contributed by atoms with Crippen molar-refractivity contribution in [1.82, 2.24) is 0 Å². The molecule has 1 aromatic carbocycles. The Morgan fingerprint density at radius 2 is 1.82 bits per heavy atom. The Morgan fingerprint density at radius 3 is 2.41 bits per heavy atom. The van der Waals surface area contributed by atoms with Crippen LogP contribution in [0.3, 0.4) is 0 Å². The van der Waals surface area contributed by atoms with Crippen LogP contribution in [0.2, 0.25) is 5.02 Å². The minimum Gasteiger partial charge on any atom is -0.386 e. The molecule has 3 heteroatoms. The lowest BCUT2D eigenvalue weighted by molar-refractivity contribution is 0.0790. The molecule has 17 heavy (non-hydrogen) atoms. The maximum Gasteiger partial charge on any atom is 0.0861 e. The molecule has 0 bridgehead atoms. The van der Waals surface area contributed by atoms with Gasteiger partial charge in [-0.15, -0.1) is 0 Å². The molecule has 94 valence electrons. The van der Waals surface area contributed by atoms with E-state index < -0.39 is 5.60 Å². The van der Waals surface area contributed by atoms with Crippen LogP contribution >= 0.6 is 11.6 Å².